The minimum absolute atomic E-state index is 0.120. The van der Waals surface area contributed by atoms with Gasteiger partial charge in [0.05, 0.1) is 6.61 Å². The maximum Gasteiger partial charge on any atom is 0.317 e. The first kappa shape index (κ1) is 17.4. The normalized spacial score (nSPS) is 10.7. The van der Waals surface area contributed by atoms with Crippen LogP contribution in [0.1, 0.15) is 19.4 Å². The molecule has 0 saturated heterocycles. The van der Waals surface area contributed by atoms with Gasteiger partial charge in [-0.3, -0.25) is 0 Å². The van der Waals surface area contributed by atoms with Crippen molar-refractivity contribution in [3.05, 3.63) is 35.6 Å². The van der Waals surface area contributed by atoms with Gasteiger partial charge in [-0.25, -0.2) is 9.18 Å². The average molecular weight is 296 g/mol. The number of nitrogens with one attached hydrogen (secondary N) is 1. The van der Waals surface area contributed by atoms with Crippen LogP contribution in [0, 0.1) is 11.7 Å². The van der Waals surface area contributed by atoms with Gasteiger partial charge in [0.1, 0.15) is 5.82 Å². The topological polar surface area (TPSA) is 41.6 Å². The van der Waals surface area contributed by atoms with E-state index in [9.17, 15) is 9.18 Å². The van der Waals surface area contributed by atoms with Crippen molar-refractivity contribution in [2.45, 2.75) is 20.3 Å². The number of hydrogen-bond donors (Lipinski definition) is 1. The van der Waals surface area contributed by atoms with Gasteiger partial charge in [0, 0.05) is 26.7 Å². The van der Waals surface area contributed by atoms with Crippen molar-refractivity contribution < 1.29 is 13.9 Å². The van der Waals surface area contributed by atoms with Gasteiger partial charge in [-0.05, 0) is 30.0 Å². The molecular weight excluding hydrogens is 271 g/mol. The Morgan fingerprint density at radius 1 is 1.33 bits per heavy atom. The molecule has 5 heteroatoms. The van der Waals surface area contributed by atoms with E-state index < -0.39 is 0 Å². The van der Waals surface area contributed by atoms with Crippen LogP contribution >= 0.6 is 0 Å². The van der Waals surface area contributed by atoms with Crippen molar-refractivity contribution in [1.29, 1.82) is 0 Å². The molecule has 0 saturated carbocycles. The van der Waals surface area contributed by atoms with E-state index in [0.29, 0.717) is 38.6 Å². The third-order valence-corrected chi connectivity index (χ3v) is 2.97. The van der Waals surface area contributed by atoms with Gasteiger partial charge in [0.2, 0.25) is 0 Å². The number of benzene rings is 1. The first-order valence-corrected chi connectivity index (χ1v) is 7.30. The number of carbonyl (C=O) groups is 1. The summed E-state index contributed by atoms with van der Waals surface area (Å²) in [7, 11) is 1.74. The smallest absolute Gasteiger partial charge is 0.317 e. The Labute approximate surface area is 126 Å². The summed E-state index contributed by atoms with van der Waals surface area (Å²) in [6.45, 7) is 6.49. The molecular formula is C16H25FN2O2. The summed E-state index contributed by atoms with van der Waals surface area (Å²) in [5.74, 6) is 0.255. The molecule has 0 aliphatic carbocycles. The van der Waals surface area contributed by atoms with Gasteiger partial charge in [-0.1, -0.05) is 26.0 Å². The fourth-order valence-electron chi connectivity index (χ4n) is 1.73. The summed E-state index contributed by atoms with van der Waals surface area (Å²) in [5, 5.41) is 2.80. The minimum Gasteiger partial charge on any atom is -0.379 e. The molecule has 0 atom stereocenters. The highest BCUT2D eigenvalue weighted by Gasteiger charge is 2.07. The highest BCUT2D eigenvalue weighted by molar-refractivity contribution is 5.73. The molecule has 0 aromatic heterocycles. The van der Waals surface area contributed by atoms with Crippen LogP contribution in [0.25, 0.3) is 0 Å². The van der Waals surface area contributed by atoms with Gasteiger partial charge < -0.3 is 15.0 Å². The van der Waals surface area contributed by atoms with E-state index in [4.69, 9.17) is 4.74 Å². The Balaban J connectivity index is 2.17. The van der Waals surface area contributed by atoms with Crippen molar-refractivity contribution in [2.24, 2.45) is 5.92 Å². The number of carbonyl (C=O) groups excluding carboxylic acids is 1. The molecule has 21 heavy (non-hydrogen) atoms. The molecule has 0 unspecified atom stereocenters. The van der Waals surface area contributed by atoms with Gasteiger partial charge in [0.25, 0.3) is 0 Å². The third kappa shape index (κ3) is 7.66. The number of rotatable bonds is 8. The molecule has 0 spiro atoms. The second-order valence-electron chi connectivity index (χ2n) is 5.50. The lowest BCUT2D eigenvalue weighted by Gasteiger charge is -2.18. The van der Waals surface area contributed by atoms with Crippen molar-refractivity contribution in [1.82, 2.24) is 10.2 Å². The van der Waals surface area contributed by atoms with E-state index in [2.05, 4.69) is 19.2 Å². The quantitative estimate of drug-likeness (QED) is 0.749. The average Bonchev–Trinajstić information content (AvgIpc) is 2.45. The first-order valence-electron chi connectivity index (χ1n) is 7.30. The summed E-state index contributed by atoms with van der Waals surface area (Å²) < 4.78 is 18.2. The largest absolute Gasteiger partial charge is 0.379 e. The summed E-state index contributed by atoms with van der Waals surface area (Å²) in [6, 6.07) is 6.22. The monoisotopic (exact) mass is 296 g/mol. The predicted molar refractivity (Wildman–Crippen MR) is 81.8 cm³/mol. The van der Waals surface area contributed by atoms with Crippen LogP contribution in [0.2, 0.25) is 0 Å². The van der Waals surface area contributed by atoms with E-state index >= 15 is 0 Å². The molecule has 0 aliphatic heterocycles. The van der Waals surface area contributed by atoms with E-state index in [1.54, 1.807) is 24.1 Å². The summed E-state index contributed by atoms with van der Waals surface area (Å²) in [6.07, 6.45) is 0.702. The molecule has 1 N–H and O–H groups in total. The number of amides is 2. The molecule has 4 nitrogen and oxygen atoms in total. The van der Waals surface area contributed by atoms with Crippen molar-refractivity contribution in [3.63, 3.8) is 0 Å². The van der Waals surface area contributed by atoms with Crippen LogP contribution < -0.4 is 5.32 Å². The van der Waals surface area contributed by atoms with Crippen LogP contribution in [-0.4, -0.2) is 44.3 Å². The number of halogens is 1. The molecule has 0 bridgehead atoms. The highest BCUT2D eigenvalue weighted by atomic mass is 19.1. The van der Waals surface area contributed by atoms with Crippen LogP contribution in [0.4, 0.5) is 9.18 Å². The van der Waals surface area contributed by atoms with E-state index in [-0.39, 0.29) is 11.8 Å². The predicted octanol–water partition coefficient (Wildman–Crippen LogP) is 2.68. The second kappa shape index (κ2) is 9.34. The zero-order valence-corrected chi connectivity index (χ0v) is 13.1. The molecule has 118 valence electrons. The van der Waals surface area contributed by atoms with Crippen LogP contribution in [0.5, 0.6) is 0 Å². The molecule has 0 heterocycles. The number of likely N-dealkylation sites (N-methyl/N-ethyl adjacent to an activating group) is 1. The maximum absolute atomic E-state index is 12.8. The molecule has 0 fully saturated rings. The molecule has 0 radical (unpaired) electrons. The van der Waals surface area contributed by atoms with Gasteiger partial charge >= 0.3 is 6.03 Å². The van der Waals surface area contributed by atoms with Crippen LogP contribution in [-0.2, 0) is 11.2 Å². The second-order valence-corrected chi connectivity index (χ2v) is 5.50. The van der Waals surface area contributed by atoms with Gasteiger partial charge in [-0.15, -0.1) is 0 Å². The molecule has 1 aromatic rings. The fourth-order valence-corrected chi connectivity index (χ4v) is 1.73. The third-order valence-electron chi connectivity index (χ3n) is 2.97. The Kier molecular flexibility index (Phi) is 7.75. The SMILES string of the molecule is CC(C)COCCNC(=O)N(C)CCc1ccc(F)cc1. The lowest BCUT2D eigenvalue weighted by molar-refractivity contribution is 0.111. The highest BCUT2D eigenvalue weighted by Crippen LogP contribution is 2.04. The Morgan fingerprint density at radius 2 is 2.00 bits per heavy atom. The lowest BCUT2D eigenvalue weighted by atomic mass is 10.1. The number of ether oxygens (including phenoxy) is 1. The first-order chi connectivity index (χ1) is 9.99. The standard InChI is InChI=1S/C16H25FN2O2/c1-13(2)12-21-11-9-18-16(20)19(3)10-8-14-4-6-15(17)7-5-14/h4-7,13H,8-12H2,1-3H3,(H,18,20). The summed E-state index contributed by atoms with van der Waals surface area (Å²) in [4.78, 5) is 13.4. The number of hydrogen-bond acceptors (Lipinski definition) is 2. The summed E-state index contributed by atoms with van der Waals surface area (Å²) in [5.41, 5.74) is 1.01. The number of nitrogens with zero attached hydrogens (tertiary/aromatic N) is 1. The van der Waals surface area contributed by atoms with Crippen LogP contribution in [0.3, 0.4) is 0 Å². The number of urea groups is 1. The van der Waals surface area contributed by atoms with Gasteiger partial charge in [0.15, 0.2) is 0 Å². The zero-order chi connectivity index (χ0) is 15.7. The molecule has 1 aromatic carbocycles. The van der Waals surface area contributed by atoms with Crippen molar-refractivity contribution in [3.8, 4) is 0 Å². The zero-order valence-electron chi connectivity index (χ0n) is 13.1. The van der Waals surface area contributed by atoms with Crippen molar-refractivity contribution >= 4 is 6.03 Å². The maximum atomic E-state index is 12.8. The van der Waals surface area contributed by atoms with Crippen LogP contribution in [0.15, 0.2) is 24.3 Å². The fraction of sp³-hybridized carbons (Fsp3) is 0.562. The summed E-state index contributed by atoms with van der Waals surface area (Å²) >= 11 is 0. The Bertz CT molecular complexity index is 421. The van der Waals surface area contributed by atoms with E-state index in [1.807, 2.05) is 0 Å². The van der Waals surface area contributed by atoms with E-state index in [1.165, 1.54) is 12.1 Å². The van der Waals surface area contributed by atoms with E-state index in [0.717, 1.165) is 5.56 Å². The molecule has 2 amide bonds. The molecule has 1 rings (SSSR count). The lowest BCUT2D eigenvalue weighted by Crippen LogP contribution is -2.39. The molecule has 0 aliphatic rings. The minimum atomic E-state index is -0.244. The Hall–Kier alpha value is -1.62. The van der Waals surface area contributed by atoms with Gasteiger partial charge in [-0.2, -0.15) is 0 Å². The van der Waals surface area contributed by atoms with Crippen molar-refractivity contribution in [2.75, 3.05) is 33.4 Å². The Morgan fingerprint density at radius 3 is 2.62 bits per heavy atom.